The molecule has 0 aromatic carbocycles. The van der Waals surface area contributed by atoms with E-state index in [1.165, 1.54) is 0 Å². The molecule has 0 saturated carbocycles. The zero-order chi connectivity index (χ0) is 6.78. The summed E-state index contributed by atoms with van der Waals surface area (Å²) in [6.07, 6.45) is 0. The number of rotatable bonds is 2. The molecule has 0 N–H and O–H groups in total. The minimum Gasteiger partial charge on any atom is -0.174 e. The Kier molecular flexibility index (Phi) is 2.19. The zero-order valence-corrected chi connectivity index (χ0v) is 4.03. The predicted octanol–water partition coefficient (Wildman–Crippen LogP) is 0.203. The fraction of sp³-hybridized carbons (Fsp3) is 0. The van der Waals surface area contributed by atoms with E-state index in [4.69, 9.17) is 0 Å². The molecule has 8 heteroatoms. The summed E-state index contributed by atoms with van der Waals surface area (Å²) < 4.78 is 49.8. The summed E-state index contributed by atoms with van der Waals surface area (Å²) in [7, 11) is -5.40. The summed E-state index contributed by atoms with van der Waals surface area (Å²) in [5.74, 6) is 0. The van der Waals surface area contributed by atoms with Crippen LogP contribution in [0.15, 0.2) is 0 Å². The smallest absolute Gasteiger partial charge is 0.174 e. The first kappa shape index (κ1) is 7.66. The van der Waals surface area contributed by atoms with Gasteiger partial charge in [-0.2, -0.15) is 8.42 Å². The molecule has 8 heavy (non-hydrogen) atoms. The fourth-order valence-electron chi connectivity index (χ4n) is 0.0213. The lowest BCUT2D eigenvalue weighted by atomic mass is 13.6. The molecule has 0 bridgehead atoms. The summed E-state index contributed by atoms with van der Waals surface area (Å²) in [4.78, 5) is 0. The summed E-state index contributed by atoms with van der Waals surface area (Å²) >= 11 is 0. The number of nitrogens with zero attached hydrogens (tertiary/aromatic N) is 1. The Morgan fingerprint density at radius 3 is 1.75 bits per heavy atom. The average molecular weight is 151 g/mol. The van der Waals surface area contributed by atoms with Gasteiger partial charge < -0.3 is 0 Å². The van der Waals surface area contributed by atoms with E-state index >= 15 is 0 Å². The Labute approximate surface area is 42.5 Å². The molecule has 0 saturated heterocycles. The average Bonchev–Trinajstić information content (AvgIpc) is 1.67. The molecule has 0 aliphatic heterocycles. The highest BCUT2D eigenvalue weighted by Crippen LogP contribution is 2.03. The third-order valence-electron chi connectivity index (χ3n) is 0.249. The van der Waals surface area contributed by atoms with Crippen LogP contribution in [0, 0.1) is 0 Å². The second-order valence-corrected chi connectivity index (χ2v) is 1.95. The quantitative estimate of drug-likeness (QED) is 0.529. The Bertz CT molecular complexity index is 148. The molecule has 0 aromatic rings. The molecule has 0 heterocycles. The Hall–Kier alpha value is -0.340. The van der Waals surface area contributed by atoms with E-state index in [1.807, 2.05) is 4.39 Å². The molecule has 0 aliphatic carbocycles. The Morgan fingerprint density at radius 2 is 1.75 bits per heavy atom. The summed E-state index contributed by atoms with van der Waals surface area (Å²) in [5.41, 5.74) is 0. The van der Waals surface area contributed by atoms with Gasteiger partial charge in [-0.3, -0.25) is 0 Å². The maximum absolute atomic E-state index is 10.7. The van der Waals surface area contributed by atoms with E-state index in [0.717, 1.165) is 0 Å². The topological polar surface area (TPSA) is 46.6 Å². The first-order valence-electron chi connectivity index (χ1n) is 1.17. The first-order valence-corrected chi connectivity index (χ1v) is 2.54. The Morgan fingerprint density at radius 1 is 1.38 bits per heavy atom. The molecule has 0 radical (unpaired) electrons. The van der Waals surface area contributed by atoms with Crippen LogP contribution >= 0.6 is 0 Å². The van der Waals surface area contributed by atoms with Crippen molar-refractivity contribution in [3.05, 3.63) is 0 Å². The second-order valence-electron chi connectivity index (χ2n) is 0.693. The SMILES string of the molecule is O=S(=O)(OF)N(F)F. The normalized spacial score (nSPS) is 12.5. The minimum atomic E-state index is -5.40. The van der Waals surface area contributed by atoms with Crippen LogP contribution < -0.4 is 0 Å². The van der Waals surface area contributed by atoms with Gasteiger partial charge in [-0.05, 0) is 8.91 Å². The van der Waals surface area contributed by atoms with Gasteiger partial charge in [0.15, 0.2) is 4.75 Å². The first-order chi connectivity index (χ1) is 3.50. The molecular formula is F3NO3S. The van der Waals surface area contributed by atoms with E-state index in [-0.39, 0.29) is 0 Å². The molecule has 0 aliphatic rings. The van der Waals surface area contributed by atoms with Gasteiger partial charge in [-0.1, -0.05) is 8.96 Å². The van der Waals surface area contributed by atoms with E-state index in [9.17, 15) is 21.9 Å². The van der Waals surface area contributed by atoms with Crippen molar-refractivity contribution in [1.29, 1.82) is 0 Å². The summed E-state index contributed by atoms with van der Waals surface area (Å²) in [5, 5.41) is 0. The molecule has 0 fully saturated rings. The van der Waals surface area contributed by atoms with E-state index in [1.54, 1.807) is 0 Å². The van der Waals surface area contributed by atoms with E-state index in [0.29, 0.717) is 0 Å². The lowest BCUT2D eigenvalue weighted by Gasteiger charge is -1.91. The zero-order valence-electron chi connectivity index (χ0n) is 3.21. The fourth-order valence-corrected chi connectivity index (χ4v) is 0.0639. The van der Waals surface area contributed by atoms with Crippen molar-refractivity contribution in [3.63, 3.8) is 0 Å². The van der Waals surface area contributed by atoms with Crippen molar-refractivity contribution >= 4 is 10.3 Å². The van der Waals surface area contributed by atoms with Crippen LogP contribution in [0.2, 0.25) is 0 Å². The minimum absolute atomic E-state index is 1.85. The van der Waals surface area contributed by atoms with Crippen LogP contribution in [-0.2, 0) is 14.7 Å². The van der Waals surface area contributed by atoms with Crippen molar-refractivity contribution in [2.75, 3.05) is 0 Å². The van der Waals surface area contributed by atoms with Gasteiger partial charge in [-0.25, -0.2) is 0 Å². The van der Waals surface area contributed by atoms with Crippen molar-refractivity contribution in [2.45, 2.75) is 0 Å². The van der Waals surface area contributed by atoms with Crippen LogP contribution in [0.5, 0.6) is 0 Å². The van der Waals surface area contributed by atoms with Crippen molar-refractivity contribution in [2.24, 2.45) is 0 Å². The lowest BCUT2D eigenvalue weighted by molar-refractivity contribution is -0.0995. The van der Waals surface area contributed by atoms with Gasteiger partial charge >= 0.3 is 10.3 Å². The van der Waals surface area contributed by atoms with Crippen LogP contribution in [0.25, 0.3) is 0 Å². The maximum Gasteiger partial charge on any atom is 0.423 e. The number of hydrogen-bond acceptors (Lipinski definition) is 3. The van der Waals surface area contributed by atoms with Gasteiger partial charge in [0, 0.05) is 0 Å². The molecule has 50 valence electrons. The van der Waals surface area contributed by atoms with Crippen molar-refractivity contribution in [1.82, 2.24) is 4.75 Å². The van der Waals surface area contributed by atoms with E-state index in [2.05, 4.69) is 0 Å². The number of halogens is 3. The standard InChI is InChI=1S/F3NO3S/c1-4(2)8(5,6)7-3. The molecule has 0 spiro atoms. The lowest BCUT2D eigenvalue weighted by Crippen LogP contribution is -2.13. The van der Waals surface area contributed by atoms with Crippen molar-refractivity contribution < 1.29 is 26.3 Å². The molecular weight excluding hydrogens is 151 g/mol. The van der Waals surface area contributed by atoms with Crippen molar-refractivity contribution in [3.8, 4) is 0 Å². The van der Waals surface area contributed by atoms with Crippen LogP contribution in [-0.4, -0.2) is 13.2 Å². The molecule has 0 atom stereocenters. The number of hydrogen-bond donors (Lipinski definition) is 0. The van der Waals surface area contributed by atoms with Gasteiger partial charge in [0.1, 0.15) is 0 Å². The largest absolute Gasteiger partial charge is 0.423 e. The van der Waals surface area contributed by atoms with Crippen LogP contribution in [0.3, 0.4) is 0 Å². The van der Waals surface area contributed by atoms with Gasteiger partial charge in [0.05, 0.1) is 0 Å². The molecule has 4 nitrogen and oxygen atoms in total. The second kappa shape index (κ2) is 2.29. The monoisotopic (exact) mass is 151 g/mol. The summed E-state index contributed by atoms with van der Waals surface area (Å²) in [6, 6.07) is 0. The Balaban J connectivity index is 4.17. The molecule has 0 unspecified atom stereocenters. The maximum atomic E-state index is 10.7. The summed E-state index contributed by atoms with van der Waals surface area (Å²) in [6.45, 7) is 0. The highest BCUT2D eigenvalue weighted by molar-refractivity contribution is 7.83. The van der Waals surface area contributed by atoms with E-state index < -0.39 is 15.1 Å². The highest BCUT2D eigenvalue weighted by Gasteiger charge is 2.23. The third kappa shape index (κ3) is 1.64. The van der Waals surface area contributed by atoms with Crippen LogP contribution in [0.1, 0.15) is 0 Å². The van der Waals surface area contributed by atoms with Gasteiger partial charge in [0.25, 0.3) is 0 Å². The molecule has 0 aromatic heterocycles. The third-order valence-corrected chi connectivity index (χ3v) is 0.746. The van der Waals surface area contributed by atoms with Crippen LogP contribution in [0.4, 0.5) is 13.5 Å². The molecule has 0 amide bonds. The molecule has 0 rings (SSSR count). The predicted molar refractivity (Wildman–Crippen MR) is 15.2 cm³/mol. The van der Waals surface area contributed by atoms with Gasteiger partial charge in [-0.15, -0.1) is 0 Å². The highest BCUT2D eigenvalue weighted by atomic mass is 32.2. The van der Waals surface area contributed by atoms with Gasteiger partial charge in [0.2, 0.25) is 0 Å².